The molecular weight excluding hydrogens is 348 g/mol. The van der Waals surface area contributed by atoms with Crippen LogP contribution in [-0.4, -0.2) is 39.1 Å². The summed E-state index contributed by atoms with van der Waals surface area (Å²) in [5.41, 5.74) is 5.73. The molecule has 1 heterocycles. The Bertz CT molecular complexity index is 734. The smallest absolute Gasteiger partial charge is 0.265 e. The number of sulfonamides is 1. The first-order valence-corrected chi connectivity index (χ1v) is 9.16. The molecule has 120 valence electrons. The lowest BCUT2D eigenvalue weighted by molar-refractivity contribution is -0.115. The molecule has 10 heteroatoms. The monoisotopic (exact) mass is 362 g/mol. The summed E-state index contributed by atoms with van der Waals surface area (Å²) in [6.07, 6.45) is 0. The number of nitrogens with one attached hydrogen (secondary N) is 2. The van der Waals surface area contributed by atoms with Gasteiger partial charge in [0.1, 0.15) is 4.90 Å². The van der Waals surface area contributed by atoms with E-state index in [0.717, 1.165) is 11.8 Å². The lowest BCUT2D eigenvalue weighted by Gasteiger charge is -2.13. The van der Waals surface area contributed by atoms with Crippen molar-refractivity contribution < 1.29 is 13.2 Å². The third kappa shape index (κ3) is 4.05. The summed E-state index contributed by atoms with van der Waals surface area (Å²) in [7, 11) is -3.84. The zero-order valence-corrected chi connectivity index (χ0v) is 14.1. The maximum absolute atomic E-state index is 12.5. The number of primary amides is 1. The van der Waals surface area contributed by atoms with Crippen molar-refractivity contribution in [2.45, 2.75) is 16.7 Å². The summed E-state index contributed by atoms with van der Waals surface area (Å²) in [6, 6.07) is 2.98. The highest BCUT2D eigenvalue weighted by Gasteiger charge is 2.23. The Morgan fingerprint density at radius 2 is 2.27 bits per heavy atom. The van der Waals surface area contributed by atoms with E-state index in [0.29, 0.717) is 28.6 Å². The molecule has 0 aliphatic carbocycles. The van der Waals surface area contributed by atoms with Crippen LogP contribution in [0.2, 0.25) is 5.02 Å². The van der Waals surface area contributed by atoms with Crippen LogP contribution < -0.4 is 15.8 Å². The van der Waals surface area contributed by atoms with Crippen molar-refractivity contribution >= 4 is 45.3 Å². The standard InChI is InChI=1S/C12H15ClN4O3S2/c1-7-4-10(9(5-8(7)13)21-6-11(14)18)22(19,20)17-12-15-2-3-16-12/h4-5H,2-3,6H2,1H3,(H2,14,18)(H2,15,16,17). The van der Waals surface area contributed by atoms with Gasteiger partial charge < -0.3 is 11.1 Å². The largest absolute Gasteiger partial charge is 0.369 e. The van der Waals surface area contributed by atoms with E-state index < -0.39 is 15.9 Å². The molecule has 0 atom stereocenters. The first-order valence-electron chi connectivity index (χ1n) is 6.32. The van der Waals surface area contributed by atoms with Gasteiger partial charge in [-0.05, 0) is 24.6 Å². The van der Waals surface area contributed by atoms with Crippen LogP contribution in [0.4, 0.5) is 0 Å². The molecule has 0 aromatic heterocycles. The lowest BCUT2D eigenvalue weighted by Crippen LogP contribution is -2.38. The predicted octanol–water partition coefficient (Wildman–Crippen LogP) is 0.463. The lowest BCUT2D eigenvalue weighted by atomic mass is 10.2. The van der Waals surface area contributed by atoms with E-state index in [2.05, 4.69) is 15.0 Å². The average molecular weight is 363 g/mol. The van der Waals surface area contributed by atoms with E-state index >= 15 is 0 Å². The zero-order chi connectivity index (χ0) is 16.3. The second kappa shape index (κ2) is 6.76. The number of halogens is 1. The number of hydrogen-bond acceptors (Lipinski definition) is 6. The Labute approximate surface area is 137 Å². The highest BCUT2D eigenvalue weighted by molar-refractivity contribution is 8.00. The van der Waals surface area contributed by atoms with Crippen molar-refractivity contribution in [1.29, 1.82) is 0 Å². The molecule has 0 saturated carbocycles. The van der Waals surface area contributed by atoms with Crippen LogP contribution in [0.15, 0.2) is 26.9 Å². The van der Waals surface area contributed by atoms with Crippen LogP contribution in [0.5, 0.6) is 0 Å². The number of guanidine groups is 1. The fraction of sp³-hybridized carbons (Fsp3) is 0.333. The number of nitrogens with zero attached hydrogens (tertiary/aromatic N) is 1. The average Bonchev–Trinajstić information content (AvgIpc) is 2.91. The first kappa shape index (κ1) is 16.9. The van der Waals surface area contributed by atoms with E-state index in [1.807, 2.05) is 0 Å². The van der Waals surface area contributed by atoms with Crippen LogP contribution in [-0.2, 0) is 14.8 Å². The number of carbonyl (C=O) groups is 1. The Morgan fingerprint density at radius 1 is 1.55 bits per heavy atom. The number of thioether (sulfide) groups is 1. The maximum Gasteiger partial charge on any atom is 0.265 e. The van der Waals surface area contributed by atoms with E-state index in [1.165, 1.54) is 12.1 Å². The predicted molar refractivity (Wildman–Crippen MR) is 86.7 cm³/mol. The number of hydrogen-bond donors (Lipinski definition) is 3. The number of benzene rings is 1. The van der Waals surface area contributed by atoms with Gasteiger partial charge in [-0.1, -0.05) is 11.6 Å². The number of carbonyl (C=O) groups excluding carboxylic acids is 1. The van der Waals surface area contributed by atoms with Crippen molar-refractivity contribution in [3.8, 4) is 0 Å². The summed E-state index contributed by atoms with van der Waals surface area (Å²) in [6.45, 7) is 2.80. The van der Waals surface area contributed by atoms with Gasteiger partial charge in [0.2, 0.25) is 11.9 Å². The molecule has 1 aliphatic rings. The molecule has 1 aliphatic heterocycles. The minimum absolute atomic E-state index is 0.0389. The summed E-state index contributed by atoms with van der Waals surface area (Å²) in [4.78, 5) is 15.3. The molecule has 22 heavy (non-hydrogen) atoms. The third-order valence-corrected chi connectivity index (χ3v) is 5.78. The number of aryl methyl sites for hydroxylation is 1. The van der Waals surface area contributed by atoms with Gasteiger partial charge >= 0.3 is 0 Å². The molecule has 0 saturated heterocycles. The van der Waals surface area contributed by atoms with Crippen LogP contribution in [0.3, 0.4) is 0 Å². The number of nitrogens with two attached hydrogens (primary N) is 1. The molecule has 1 amide bonds. The van der Waals surface area contributed by atoms with Crippen molar-refractivity contribution in [3.63, 3.8) is 0 Å². The summed E-state index contributed by atoms with van der Waals surface area (Å²) >= 11 is 7.07. The van der Waals surface area contributed by atoms with Gasteiger partial charge in [-0.25, -0.2) is 13.1 Å². The highest BCUT2D eigenvalue weighted by Crippen LogP contribution is 2.31. The minimum atomic E-state index is -3.84. The molecule has 1 aromatic carbocycles. The van der Waals surface area contributed by atoms with Crippen molar-refractivity contribution in [1.82, 2.24) is 10.0 Å². The van der Waals surface area contributed by atoms with Crippen molar-refractivity contribution in [3.05, 3.63) is 22.7 Å². The van der Waals surface area contributed by atoms with E-state index in [1.54, 1.807) is 6.92 Å². The number of amides is 1. The molecule has 0 radical (unpaired) electrons. The van der Waals surface area contributed by atoms with Gasteiger partial charge in [0.05, 0.1) is 12.3 Å². The quantitative estimate of drug-likeness (QED) is 0.658. The Balaban J connectivity index is 2.38. The second-order valence-electron chi connectivity index (χ2n) is 4.57. The molecular formula is C12H15ClN4O3S2. The molecule has 0 unspecified atom stereocenters. The van der Waals surface area contributed by atoms with Crippen molar-refractivity contribution in [2.24, 2.45) is 10.7 Å². The third-order valence-electron chi connectivity index (χ3n) is 2.79. The number of rotatable bonds is 5. The van der Waals surface area contributed by atoms with Gasteiger partial charge in [0.25, 0.3) is 10.0 Å². The zero-order valence-electron chi connectivity index (χ0n) is 11.7. The first-order chi connectivity index (χ1) is 10.3. The van der Waals surface area contributed by atoms with Gasteiger partial charge in [-0.2, -0.15) is 0 Å². The Kier molecular flexibility index (Phi) is 5.20. The molecule has 2 rings (SSSR count). The Morgan fingerprint density at radius 3 is 2.86 bits per heavy atom. The fourth-order valence-electron chi connectivity index (χ4n) is 1.76. The Hall–Kier alpha value is -1.45. The van der Waals surface area contributed by atoms with Crippen LogP contribution in [0, 0.1) is 6.92 Å². The molecule has 0 bridgehead atoms. The van der Waals surface area contributed by atoms with E-state index in [9.17, 15) is 13.2 Å². The number of aliphatic imine (C=N–C) groups is 1. The molecule has 7 nitrogen and oxygen atoms in total. The van der Waals surface area contributed by atoms with Crippen LogP contribution in [0.1, 0.15) is 5.56 Å². The van der Waals surface area contributed by atoms with Crippen molar-refractivity contribution in [2.75, 3.05) is 18.8 Å². The normalized spacial score (nSPS) is 14.4. The van der Waals surface area contributed by atoms with Gasteiger partial charge in [-0.3, -0.25) is 9.79 Å². The van der Waals surface area contributed by atoms with E-state index in [-0.39, 0.29) is 16.6 Å². The topological polar surface area (TPSA) is 114 Å². The maximum atomic E-state index is 12.5. The molecule has 0 spiro atoms. The second-order valence-corrected chi connectivity index (χ2v) is 7.64. The highest BCUT2D eigenvalue weighted by atomic mass is 35.5. The van der Waals surface area contributed by atoms with E-state index in [4.69, 9.17) is 17.3 Å². The summed E-state index contributed by atoms with van der Waals surface area (Å²) in [5.74, 6) is -0.375. The minimum Gasteiger partial charge on any atom is -0.369 e. The molecule has 1 aromatic rings. The van der Waals surface area contributed by atoms with Crippen LogP contribution in [0.25, 0.3) is 0 Å². The molecule has 0 fully saturated rings. The van der Waals surface area contributed by atoms with Crippen LogP contribution >= 0.6 is 23.4 Å². The summed E-state index contributed by atoms with van der Waals surface area (Å²) in [5, 5.41) is 3.25. The van der Waals surface area contributed by atoms with Gasteiger partial charge in [0.15, 0.2) is 0 Å². The molecule has 4 N–H and O–H groups in total. The van der Waals surface area contributed by atoms with Gasteiger partial charge in [-0.15, -0.1) is 11.8 Å². The fourth-order valence-corrected chi connectivity index (χ4v) is 4.35. The van der Waals surface area contributed by atoms with Gasteiger partial charge in [0, 0.05) is 16.5 Å². The SMILES string of the molecule is Cc1cc(S(=O)(=O)NC2=NCCN2)c(SCC(N)=O)cc1Cl. The summed E-state index contributed by atoms with van der Waals surface area (Å²) < 4.78 is 27.4.